The van der Waals surface area contributed by atoms with Crippen LogP contribution in [-0.4, -0.2) is 16.5 Å². The number of halogens is 3. The Balaban J connectivity index is 2.05. The molecule has 6 heteroatoms. The Kier molecular flexibility index (Phi) is 3.12. The van der Waals surface area contributed by atoms with Crippen LogP contribution in [0.2, 0.25) is 0 Å². The lowest BCUT2D eigenvalue weighted by molar-refractivity contribution is -0.0890. The van der Waals surface area contributed by atoms with E-state index >= 15 is 0 Å². The minimum Gasteiger partial charge on any atom is -0.337 e. The molecule has 0 aliphatic carbocycles. The molecule has 1 aromatic heterocycles. The molecule has 2 heterocycles. The van der Waals surface area contributed by atoms with E-state index in [2.05, 4.69) is 0 Å². The van der Waals surface area contributed by atoms with Gasteiger partial charge in [-0.25, -0.2) is 0 Å². The highest BCUT2D eigenvalue weighted by Gasteiger charge is 2.41. The molecule has 2 nitrogen and oxygen atoms in total. The number of alkyl halides is 3. The highest BCUT2D eigenvalue weighted by atomic mass is 32.2. The van der Waals surface area contributed by atoms with Crippen LogP contribution in [0, 0.1) is 0 Å². The minimum absolute atomic E-state index is 0.287. The normalized spacial score (nSPS) is 14.3. The minimum atomic E-state index is -4.84. The summed E-state index contributed by atoms with van der Waals surface area (Å²) in [6.45, 7) is 0.294. The third-order valence-corrected chi connectivity index (χ3v) is 4.39. The van der Waals surface area contributed by atoms with Crippen molar-refractivity contribution >= 4 is 17.5 Å². The molecular weight excluding hydrogens is 287 g/mol. The molecule has 0 N–H and O–H groups in total. The first kappa shape index (κ1) is 13.3. The number of benzene rings is 1. The van der Waals surface area contributed by atoms with Crippen LogP contribution >= 0.6 is 11.8 Å². The van der Waals surface area contributed by atoms with E-state index in [0.29, 0.717) is 12.3 Å². The van der Waals surface area contributed by atoms with E-state index in [1.54, 1.807) is 17.8 Å². The van der Waals surface area contributed by atoms with Crippen LogP contribution < -0.4 is 0 Å². The first-order chi connectivity index (χ1) is 9.47. The molecule has 1 aliphatic heterocycles. The van der Waals surface area contributed by atoms with Crippen molar-refractivity contribution in [2.75, 3.05) is 0 Å². The number of thioether (sulfide) groups is 1. The summed E-state index contributed by atoms with van der Waals surface area (Å²) in [7, 11) is 0. The second-order valence-electron chi connectivity index (χ2n) is 4.52. The third-order valence-electron chi connectivity index (χ3n) is 3.24. The molecule has 0 saturated heterocycles. The summed E-state index contributed by atoms with van der Waals surface area (Å²) < 4.78 is 39.3. The lowest BCUT2D eigenvalue weighted by Crippen LogP contribution is -2.26. The van der Waals surface area contributed by atoms with E-state index in [1.165, 1.54) is 10.6 Å². The van der Waals surface area contributed by atoms with Gasteiger partial charge in [0.1, 0.15) is 0 Å². The lowest BCUT2D eigenvalue weighted by Gasteiger charge is -2.12. The van der Waals surface area contributed by atoms with E-state index in [0.717, 1.165) is 16.2 Å². The zero-order valence-electron chi connectivity index (χ0n) is 10.3. The molecule has 0 bridgehead atoms. The molecule has 0 spiro atoms. The fourth-order valence-electron chi connectivity index (χ4n) is 2.26. The average Bonchev–Trinajstić information content (AvgIpc) is 2.69. The molecule has 20 heavy (non-hydrogen) atoms. The Hall–Kier alpha value is -1.69. The van der Waals surface area contributed by atoms with Crippen molar-refractivity contribution < 1.29 is 18.0 Å². The molecule has 1 aromatic carbocycles. The Morgan fingerprint density at radius 2 is 1.90 bits per heavy atom. The van der Waals surface area contributed by atoms with Crippen molar-refractivity contribution in [1.29, 1.82) is 0 Å². The van der Waals surface area contributed by atoms with Gasteiger partial charge in [-0.1, -0.05) is 18.2 Å². The molecule has 3 rings (SSSR count). The molecular formula is C14H10F3NOS. The van der Waals surface area contributed by atoms with Crippen LogP contribution in [0.15, 0.2) is 41.3 Å². The number of aromatic nitrogens is 1. The van der Waals surface area contributed by atoms with Crippen molar-refractivity contribution in [3.05, 3.63) is 53.3 Å². The van der Waals surface area contributed by atoms with Crippen LogP contribution in [0.5, 0.6) is 0 Å². The summed E-state index contributed by atoms with van der Waals surface area (Å²) >= 11 is 1.57. The summed E-state index contributed by atoms with van der Waals surface area (Å²) in [5.74, 6) is -1.23. The van der Waals surface area contributed by atoms with Gasteiger partial charge in [0.15, 0.2) is 0 Å². The molecule has 0 atom stereocenters. The summed E-state index contributed by atoms with van der Waals surface area (Å²) in [5.41, 5.74) is 1.38. The highest BCUT2D eigenvalue weighted by Crippen LogP contribution is 2.33. The molecule has 0 radical (unpaired) electrons. The van der Waals surface area contributed by atoms with Crippen molar-refractivity contribution in [3.63, 3.8) is 0 Å². The van der Waals surface area contributed by atoms with E-state index in [-0.39, 0.29) is 5.69 Å². The number of hydrogen-bond acceptors (Lipinski definition) is 2. The van der Waals surface area contributed by atoms with Gasteiger partial charge >= 0.3 is 6.18 Å². The number of ketones is 1. The Morgan fingerprint density at radius 3 is 2.65 bits per heavy atom. The maximum atomic E-state index is 12.6. The van der Waals surface area contributed by atoms with E-state index < -0.39 is 12.0 Å². The van der Waals surface area contributed by atoms with Crippen molar-refractivity contribution in [3.8, 4) is 0 Å². The Morgan fingerprint density at radius 1 is 1.15 bits per heavy atom. The number of carbonyl (C=O) groups is 1. The standard InChI is InChI=1S/C14H10F3NOS/c15-14(16,17)13(19)11-6-5-10-8-20-12-4-2-1-3-9(12)7-18(10)11/h1-6H,7-8H2. The molecule has 0 unspecified atom stereocenters. The molecule has 2 aromatic rings. The molecule has 0 saturated carbocycles. The second-order valence-corrected chi connectivity index (χ2v) is 5.54. The van der Waals surface area contributed by atoms with Crippen LogP contribution in [0.1, 0.15) is 21.7 Å². The quantitative estimate of drug-likeness (QED) is 0.745. The van der Waals surface area contributed by atoms with Gasteiger partial charge in [-0.2, -0.15) is 13.2 Å². The maximum absolute atomic E-state index is 12.6. The Bertz CT molecular complexity index is 675. The molecule has 1 aliphatic rings. The largest absolute Gasteiger partial charge is 0.456 e. The molecule has 0 amide bonds. The van der Waals surface area contributed by atoms with Crippen LogP contribution in [0.4, 0.5) is 13.2 Å². The third kappa shape index (κ3) is 2.24. The zero-order valence-corrected chi connectivity index (χ0v) is 11.1. The number of nitrogens with zero attached hydrogens (tertiary/aromatic N) is 1. The fourth-order valence-corrected chi connectivity index (χ4v) is 3.31. The van der Waals surface area contributed by atoms with Crippen LogP contribution in [-0.2, 0) is 12.3 Å². The van der Waals surface area contributed by atoms with Gasteiger partial charge in [0.25, 0.3) is 5.78 Å². The maximum Gasteiger partial charge on any atom is 0.456 e. The monoisotopic (exact) mass is 297 g/mol. The zero-order chi connectivity index (χ0) is 14.3. The average molecular weight is 297 g/mol. The van der Waals surface area contributed by atoms with Crippen molar-refractivity contribution in [2.24, 2.45) is 0 Å². The van der Waals surface area contributed by atoms with Gasteiger partial charge in [-0.05, 0) is 23.8 Å². The summed E-state index contributed by atoms with van der Waals surface area (Å²) in [4.78, 5) is 12.5. The van der Waals surface area contributed by atoms with E-state index in [9.17, 15) is 18.0 Å². The van der Waals surface area contributed by atoms with Crippen LogP contribution in [0.25, 0.3) is 0 Å². The predicted molar refractivity (Wildman–Crippen MR) is 69.9 cm³/mol. The van der Waals surface area contributed by atoms with Crippen LogP contribution in [0.3, 0.4) is 0 Å². The summed E-state index contributed by atoms with van der Waals surface area (Å²) in [6, 6.07) is 10.4. The number of fused-ring (bicyclic) bond motifs is 2. The van der Waals surface area contributed by atoms with Crippen molar-refractivity contribution in [1.82, 2.24) is 4.57 Å². The molecule has 104 valence electrons. The van der Waals surface area contributed by atoms with Gasteiger partial charge in [0.05, 0.1) is 5.69 Å². The van der Waals surface area contributed by atoms with E-state index in [1.807, 2.05) is 24.3 Å². The smallest absolute Gasteiger partial charge is 0.337 e. The first-order valence-corrected chi connectivity index (χ1v) is 6.96. The Labute approximate surface area is 117 Å². The summed E-state index contributed by atoms with van der Waals surface area (Å²) in [5, 5.41) is 0. The molecule has 0 fully saturated rings. The number of carbonyl (C=O) groups excluding carboxylic acids is 1. The number of Topliss-reactive ketones (excluding diaryl/α,β-unsaturated/α-hetero) is 1. The first-order valence-electron chi connectivity index (χ1n) is 5.97. The topological polar surface area (TPSA) is 22.0 Å². The van der Waals surface area contributed by atoms with Gasteiger partial charge in [-0.15, -0.1) is 11.8 Å². The lowest BCUT2D eigenvalue weighted by atomic mass is 10.2. The number of hydrogen-bond donors (Lipinski definition) is 0. The predicted octanol–water partition coefficient (Wildman–Crippen LogP) is 3.89. The van der Waals surface area contributed by atoms with Gasteiger partial charge in [0.2, 0.25) is 0 Å². The van der Waals surface area contributed by atoms with Crippen molar-refractivity contribution in [2.45, 2.75) is 23.4 Å². The van der Waals surface area contributed by atoms with E-state index in [4.69, 9.17) is 0 Å². The van der Waals surface area contributed by atoms with Gasteiger partial charge in [0, 0.05) is 22.9 Å². The van der Waals surface area contributed by atoms with Gasteiger partial charge in [-0.3, -0.25) is 4.79 Å². The highest BCUT2D eigenvalue weighted by molar-refractivity contribution is 7.98. The fraction of sp³-hybridized carbons (Fsp3) is 0.214. The SMILES string of the molecule is O=C(c1ccc2n1Cc1ccccc1SC2)C(F)(F)F. The summed E-state index contributed by atoms with van der Waals surface area (Å²) in [6.07, 6.45) is -4.84. The second kappa shape index (κ2) is 4.70. The number of rotatable bonds is 1. The van der Waals surface area contributed by atoms with Gasteiger partial charge < -0.3 is 4.57 Å².